The Morgan fingerprint density at radius 1 is 1.43 bits per heavy atom. The lowest BCUT2D eigenvalue weighted by Gasteiger charge is -2.16. The standard InChI is InChI=1S/C17H25N3OS.HI/c1-3-10-21-16-9-5-4-7-14(16)12-19-17(18-2)20-13-15-8-6-11-22-15;/h3-5,7,9,15H,1,6,8,10-13H2,2H3,(H2,18,19,20);1H. The van der Waals surface area contributed by atoms with E-state index in [1.54, 1.807) is 13.1 Å². The molecular weight excluding hydrogens is 421 g/mol. The maximum absolute atomic E-state index is 5.67. The Bertz CT molecular complexity index is 504. The predicted octanol–water partition coefficient (Wildman–Crippen LogP) is 3.43. The summed E-state index contributed by atoms with van der Waals surface area (Å²) in [6.45, 7) is 5.86. The van der Waals surface area contributed by atoms with E-state index in [0.29, 0.717) is 18.4 Å². The number of halogens is 1. The number of thioether (sulfide) groups is 1. The summed E-state index contributed by atoms with van der Waals surface area (Å²) in [6.07, 6.45) is 4.38. The lowest BCUT2D eigenvalue weighted by atomic mass is 10.2. The van der Waals surface area contributed by atoms with Crippen LogP contribution in [0, 0.1) is 0 Å². The average Bonchev–Trinajstić information content (AvgIpc) is 3.07. The van der Waals surface area contributed by atoms with Gasteiger partial charge in [0.05, 0.1) is 0 Å². The summed E-state index contributed by atoms with van der Waals surface area (Å²) >= 11 is 2.05. The van der Waals surface area contributed by atoms with Gasteiger partial charge in [0, 0.05) is 31.0 Å². The van der Waals surface area contributed by atoms with Crippen LogP contribution in [0.1, 0.15) is 18.4 Å². The first-order chi connectivity index (χ1) is 10.8. The molecule has 1 aromatic carbocycles. The Morgan fingerprint density at radius 3 is 2.96 bits per heavy atom. The number of para-hydroxylation sites is 1. The fourth-order valence-corrected chi connectivity index (χ4v) is 3.56. The van der Waals surface area contributed by atoms with E-state index in [2.05, 4.69) is 28.3 Å². The van der Waals surface area contributed by atoms with Crippen molar-refractivity contribution < 1.29 is 4.74 Å². The minimum absolute atomic E-state index is 0. The zero-order chi connectivity index (χ0) is 15.6. The Balaban J connectivity index is 0.00000264. The molecule has 2 N–H and O–H groups in total. The summed E-state index contributed by atoms with van der Waals surface area (Å²) < 4.78 is 5.67. The largest absolute Gasteiger partial charge is 0.489 e. The molecule has 0 saturated carbocycles. The number of nitrogens with zero attached hydrogens (tertiary/aromatic N) is 1. The second-order valence-corrected chi connectivity index (χ2v) is 6.56. The van der Waals surface area contributed by atoms with Crippen LogP contribution in [-0.4, -0.2) is 37.2 Å². The van der Waals surface area contributed by atoms with E-state index in [4.69, 9.17) is 4.74 Å². The number of ether oxygens (including phenoxy) is 1. The van der Waals surface area contributed by atoms with Crippen molar-refractivity contribution in [3.8, 4) is 5.75 Å². The molecule has 0 bridgehead atoms. The molecule has 1 unspecified atom stereocenters. The van der Waals surface area contributed by atoms with Gasteiger partial charge in [-0.15, -0.1) is 24.0 Å². The van der Waals surface area contributed by atoms with Gasteiger partial charge in [0.25, 0.3) is 0 Å². The van der Waals surface area contributed by atoms with Gasteiger partial charge in [-0.05, 0) is 24.7 Å². The van der Waals surface area contributed by atoms with Gasteiger partial charge < -0.3 is 15.4 Å². The topological polar surface area (TPSA) is 45.6 Å². The molecule has 0 amide bonds. The van der Waals surface area contributed by atoms with Crippen LogP contribution in [0.5, 0.6) is 5.75 Å². The van der Waals surface area contributed by atoms with E-state index in [0.717, 1.165) is 23.8 Å². The number of rotatable bonds is 7. The maximum atomic E-state index is 5.67. The van der Waals surface area contributed by atoms with Crippen molar-refractivity contribution in [2.75, 3.05) is 26.0 Å². The minimum Gasteiger partial charge on any atom is -0.489 e. The van der Waals surface area contributed by atoms with Crippen LogP contribution in [0.3, 0.4) is 0 Å². The SMILES string of the molecule is C=CCOc1ccccc1CNC(=NC)NCC1CCCS1.I. The molecule has 0 aliphatic carbocycles. The molecule has 0 spiro atoms. The van der Waals surface area contributed by atoms with E-state index in [1.165, 1.54) is 18.6 Å². The van der Waals surface area contributed by atoms with E-state index < -0.39 is 0 Å². The fraction of sp³-hybridized carbons (Fsp3) is 0.471. The van der Waals surface area contributed by atoms with Crippen LogP contribution in [0.15, 0.2) is 41.9 Å². The molecule has 1 atom stereocenters. The molecule has 1 aliphatic rings. The first-order valence-corrected chi connectivity index (χ1v) is 8.76. The molecule has 2 rings (SSSR count). The quantitative estimate of drug-likeness (QED) is 0.291. The van der Waals surface area contributed by atoms with Gasteiger partial charge in [-0.1, -0.05) is 30.9 Å². The number of aliphatic imine (C=N–C) groups is 1. The molecular formula is C17H26IN3OS. The second-order valence-electron chi connectivity index (χ2n) is 5.15. The van der Waals surface area contributed by atoms with Gasteiger partial charge >= 0.3 is 0 Å². The number of hydrogen-bond donors (Lipinski definition) is 2. The van der Waals surface area contributed by atoms with Crippen molar-refractivity contribution >= 4 is 41.7 Å². The number of nitrogens with one attached hydrogen (secondary N) is 2. The van der Waals surface area contributed by atoms with Crippen molar-refractivity contribution in [2.45, 2.75) is 24.6 Å². The highest BCUT2D eigenvalue weighted by atomic mass is 127. The molecule has 1 aliphatic heterocycles. The fourth-order valence-electron chi connectivity index (χ4n) is 2.35. The lowest BCUT2D eigenvalue weighted by Crippen LogP contribution is -2.39. The monoisotopic (exact) mass is 447 g/mol. The van der Waals surface area contributed by atoms with Crippen molar-refractivity contribution in [2.24, 2.45) is 4.99 Å². The Morgan fingerprint density at radius 2 is 2.26 bits per heavy atom. The minimum atomic E-state index is 0. The first kappa shape index (κ1) is 20.2. The smallest absolute Gasteiger partial charge is 0.191 e. The summed E-state index contributed by atoms with van der Waals surface area (Å²) in [5, 5.41) is 7.47. The lowest BCUT2D eigenvalue weighted by molar-refractivity contribution is 0.358. The van der Waals surface area contributed by atoms with Gasteiger partial charge in [0.2, 0.25) is 0 Å². The highest BCUT2D eigenvalue weighted by molar-refractivity contribution is 14.0. The summed E-state index contributed by atoms with van der Waals surface area (Å²) in [5.41, 5.74) is 1.11. The molecule has 1 fully saturated rings. The van der Waals surface area contributed by atoms with E-state index in [1.807, 2.05) is 30.0 Å². The third-order valence-electron chi connectivity index (χ3n) is 3.52. The normalized spacial score (nSPS) is 17.3. The summed E-state index contributed by atoms with van der Waals surface area (Å²) in [4.78, 5) is 4.28. The molecule has 1 saturated heterocycles. The van der Waals surface area contributed by atoms with Crippen LogP contribution in [0.2, 0.25) is 0 Å². The van der Waals surface area contributed by atoms with Crippen LogP contribution in [0.4, 0.5) is 0 Å². The molecule has 6 heteroatoms. The highest BCUT2D eigenvalue weighted by Gasteiger charge is 2.15. The van der Waals surface area contributed by atoms with Crippen LogP contribution >= 0.6 is 35.7 Å². The molecule has 0 radical (unpaired) electrons. The van der Waals surface area contributed by atoms with Crippen molar-refractivity contribution in [1.82, 2.24) is 10.6 Å². The van der Waals surface area contributed by atoms with Gasteiger partial charge in [0.15, 0.2) is 5.96 Å². The Labute approximate surface area is 160 Å². The van der Waals surface area contributed by atoms with Crippen molar-refractivity contribution in [3.63, 3.8) is 0 Å². The van der Waals surface area contributed by atoms with Crippen LogP contribution < -0.4 is 15.4 Å². The third-order valence-corrected chi connectivity index (χ3v) is 4.92. The maximum Gasteiger partial charge on any atom is 0.191 e. The van der Waals surface area contributed by atoms with Crippen LogP contribution in [-0.2, 0) is 6.54 Å². The zero-order valence-corrected chi connectivity index (χ0v) is 16.7. The number of hydrogen-bond acceptors (Lipinski definition) is 3. The van der Waals surface area contributed by atoms with Crippen molar-refractivity contribution in [1.29, 1.82) is 0 Å². The molecule has 23 heavy (non-hydrogen) atoms. The zero-order valence-electron chi connectivity index (χ0n) is 13.6. The Kier molecular flexibility index (Phi) is 10.2. The van der Waals surface area contributed by atoms with Crippen molar-refractivity contribution in [3.05, 3.63) is 42.5 Å². The summed E-state index contributed by atoms with van der Waals surface area (Å²) in [5.74, 6) is 3.01. The summed E-state index contributed by atoms with van der Waals surface area (Å²) in [6, 6.07) is 8.03. The molecule has 1 aromatic rings. The summed E-state index contributed by atoms with van der Waals surface area (Å²) in [7, 11) is 1.80. The second kappa shape index (κ2) is 11.6. The third kappa shape index (κ3) is 7.03. The predicted molar refractivity (Wildman–Crippen MR) is 111 cm³/mol. The average molecular weight is 447 g/mol. The highest BCUT2D eigenvalue weighted by Crippen LogP contribution is 2.25. The van der Waals surface area contributed by atoms with Gasteiger partial charge in [-0.2, -0.15) is 11.8 Å². The number of guanidine groups is 1. The van der Waals surface area contributed by atoms with Gasteiger partial charge in [0.1, 0.15) is 12.4 Å². The molecule has 4 nitrogen and oxygen atoms in total. The van der Waals surface area contributed by atoms with Gasteiger partial charge in [-0.25, -0.2) is 0 Å². The first-order valence-electron chi connectivity index (χ1n) is 7.71. The number of benzene rings is 1. The van der Waals surface area contributed by atoms with Gasteiger partial charge in [-0.3, -0.25) is 4.99 Å². The van der Waals surface area contributed by atoms with E-state index >= 15 is 0 Å². The molecule has 0 aromatic heterocycles. The molecule has 1 heterocycles. The van der Waals surface area contributed by atoms with E-state index in [-0.39, 0.29) is 24.0 Å². The van der Waals surface area contributed by atoms with Crippen LogP contribution in [0.25, 0.3) is 0 Å². The van der Waals surface area contributed by atoms with E-state index in [9.17, 15) is 0 Å². The Hall–Kier alpha value is -0.890. The molecule has 128 valence electrons.